The molecule has 0 amide bonds. The molecule has 0 spiro atoms. The highest BCUT2D eigenvalue weighted by Crippen LogP contribution is 2.16. The fourth-order valence-corrected chi connectivity index (χ4v) is 1.55. The number of nitrogens with zero attached hydrogens (tertiary/aromatic N) is 1. The zero-order valence-corrected chi connectivity index (χ0v) is 15.8. The number of ether oxygens (including phenoxy) is 2. The highest BCUT2D eigenvalue weighted by atomic mass is 127. The second-order valence-electron chi connectivity index (χ2n) is 5.09. The molecular weight excluding hydrogens is 393 g/mol. The summed E-state index contributed by atoms with van der Waals surface area (Å²) in [4.78, 5) is 4.18. The Labute approximate surface area is 150 Å². The van der Waals surface area contributed by atoms with Crippen molar-refractivity contribution in [2.24, 2.45) is 10.7 Å². The average molecular weight is 419 g/mol. The molecule has 0 aliphatic carbocycles. The van der Waals surface area contributed by atoms with Crippen LogP contribution in [0.4, 0.5) is 5.69 Å². The monoisotopic (exact) mass is 419 g/mol. The van der Waals surface area contributed by atoms with Crippen LogP contribution in [-0.4, -0.2) is 31.8 Å². The van der Waals surface area contributed by atoms with Crippen molar-refractivity contribution in [3.63, 3.8) is 0 Å². The first-order valence-corrected chi connectivity index (χ1v) is 7.03. The first kappa shape index (κ1) is 20.7. The van der Waals surface area contributed by atoms with Gasteiger partial charge in [0.05, 0.1) is 25.9 Å². The van der Waals surface area contributed by atoms with E-state index in [2.05, 4.69) is 16.9 Å². The molecule has 0 unspecified atom stereocenters. The van der Waals surface area contributed by atoms with Gasteiger partial charge in [0.2, 0.25) is 0 Å². The molecule has 0 aliphatic rings. The lowest BCUT2D eigenvalue weighted by Crippen LogP contribution is -2.23. The van der Waals surface area contributed by atoms with Gasteiger partial charge in [0.15, 0.2) is 5.96 Å². The molecule has 5 nitrogen and oxygen atoms in total. The van der Waals surface area contributed by atoms with Crippen LogP contribution in [0.3, 0.4) is 0 Å². The summed E-state index contributed by atoms with van der Waals surface area (Å²) in [5, 5.41) is 3.02. The number of rotatable bonds is 8. The smallest absolute Gasteiger partial charge is 0.193 e. The Bertz CT molecular complexity index is 473. The van der Waals surface area contributed by atoms with Crippen molar-refractivity contribution >= 4 is 35.6 Å². The maximum Gasteiger partial charge on any atom is 0.193 e. The van der Waals surface area contributed by atoms with Gasteiger partial charge in [0.25, 0.3) is 0 Å². The van der Waals surface area contributed by atoms with E-state index in [0.717, 1.165) is 17.0 Å². The Morgan fingerprint density at radius 3 is 2.50 bits per heavy atom. The number of nitrogens with two attached hydrogens (primary N) is 1. The fraction of sp³-hybridized carbons (Fsp3) is 0.438. The van der Waals surface area contributed by atoms with E-state index < -0.39 is 0 Å². The molecule has 0 saturated carbocycles. The van der Waals surface area contributed by atoms with Gasteiger partial charge < -0.3 is 20.5 Å². The van der Waals surface area contributed by atoms with Crippen LogP contribution in [0.25, 0.3) is 0 Å². The predicted molar refractivity (Wildman–Crippen MR) is 103 cm³/mol. The molecule has 6 heteroatoms. The van der Waals surface area contributed by atoms with Gasteiger partial charge in [-0.1, -0.05) is 12.2 Å². The van der Waals surface area contributed by atoms with Crippen molar-refractivity contribution in [2.75, 3.05) is 25.1 Å². The van der Waals surface area contributed by atoms with Crippen molar-refractivity contribution < 1.29 is 9.47 Å². The number of anilines is 1. The van der Waals surface area contributed by atoms with E-state index in [1.54, 1.807) is 0 Å². The Morgan fingerprint density at radius 1 is 1.32 bits per heavy atom. The van der Waals surface area contributed by atoms with Gasteiger partial charge in [-0.2, -0.15) is 0 Å². The minimum atomic E-state index is 0. The maximum absolute atomic E-state index is 5.80. The average Bonchev–Trinajstić information content (AvgIpc) is 2.39. The first-order valence-electron chi connectivity index (χ1n) is 7.03. The molecule has 1 aromatic rings. The van der Waals surface area contributed by atoms with Gasteiger partial charge in [0, 0.05) is 5.69 Å². The van der Waals surface area contributed by atoms with Crippen molar-refractivity contribution in [2.45, 2.75) is 26.9 Å². The first-order chi connectivity index (χ1) is 9.97. The number of nitrogens with one attached hydrogen (secondary N) is 1. The molecule has 1 aromatic carbocycles. The molecule has 3 N–H and O–H groups in total. The van der Waals surface area contributed by atoms with Crippen LogP contribution in [0.15, 0.2) is 41.4 Å². The van der Waals surface area contributed by atoms with Crippen LogP contribution in [0.1, 0.15) is 20.8 Å². The van der Waals surface area contributed by atoms with Gasteiger partial charge in [-0.05, 0) is 45.0 Å². The number of halogens is 1. The molecule has 0 bridgehead atoms. The highest BCUT2D eigenvalue weighted by molar-refractivity contribution is 14.0. The summed E-state index contributed by atoms with van der Waals surface area (Å²) < 4.78 is 10.9. The van der Waals surface area contributed by atoms with Crippen molar-refractivity contribution in [1.82, 2.24) is 0 Å². The molecule has 0 aromatic heterocycles. The predicted octanol–water partition coefficient (Wildman–Crippen LogP) is 3.41. The van der Waals surface area contributed by atoms with Gasteiger partial charge in [-0.15, -0.1) is 24.0 Å². The quantitative estimate of drug-likeness (QED) is 0.223. The van der Waals surface area contributed by atoms with Crippen LogP contribution in [-0.2, 0) is 4.74 Å². The summed E-state index contributed by atoms with van der Waals surface area (Å²) in [7, 11) is 0. The minimum absolute atomic E-state index is 0. The van der Waals surface area contributed by atoms with Crippen molar-refractivity contribution in [3.05, 3.63) is 36.4 Å². The van der Waals surface area contributed by atoms with E-state index in [0.29, 0.717) is 25.7 Å². The zero-order valence-electron chi connectivity index (χ0n) is 13.5. The number of hydrogen-bond donors (Lipinski definition) is 2. The summed E-state index contributed by atoms with van der Waals surface area (Å²) in [5.41, 5.74) is 7.67. The number of guanidine groups is 1. The molecular formula is C16H26IN3O2. The molecule has 0 atom stereocenters. The molecule has 0 fully saturated rings. The highest BCUT2D eigenvalue weighted by Gasteiger charge is 1.99. The zero-order chi connectivity index (χ0) is 15.7. The van der Waals surface area contributed by atoms with E-state index >= 15 is 0 Å². The van der Waals surface area contributed by atoms with E-state index in [-0.39, 0.29) is 30.1 Å². The lowest BCUT2D eigenvalue weighted by atomic mass is 10.3. The lowest BCUT2D eigenvalue weighted by molar-refractivity contribution is 0.165. The molecule has 0 radical (unpaired) electrons. The molecule has 22 heavy (non-hydrogen) atoms. The maximum atomic E-state index is 5.80. The summed E-state index contributed by atoms with van der Waals surface area (Å²) in [6.07, 6.45) is 0.162. The second kappa shape index (κ2) is 11.3. The molecule has 0 aliphatic heterocycles. The molecule has 124 valence electrons. The largest absolute Gasteiger partial charge is 0.491 e. The number of benzene rings is 1. The van der Waals surface area contributed by atoms with Crippen molar-refractivity contribution in [1.29, 1.82) is 0 Å². The SMILES string of the molecule is C=C(C)COCCN=C(N)Nc1ccc(OC(C)C)cc1.I. The Morgan fingerprint density at radius 2 is 1.95 bits per heavy atom. The van der Waals surface area contributed by atoms with Crippen LogP contribution >= 0.6 is 24.0 Å². The second-order valence-corrected chi connectivity index (χ2v) is 5.09. The summed E-state index contributed by atoms with van der Waals surface area (Å²) in [6.45, 7) is 11.3. The van der Waals surface area contributed by atoms with Crippen molar-refractivity contribution in [3.8, 4) is 5.75 Å². The summed E-state index contributed by atoms with van der Waals surface area (Å²) in [6, 6.07) is 7.59. The Kier molecular flexibility index (Phi) is 10.7. The van der Waals surface area contributed by atoms with Crippen LogP contribution in [0, 0.1) is 0 Å². The normalized spacial score (nSPS) is 11.0. The molecule has 0 heterocycles. The molecule has 0 saturated heterocycles. The summed E-state index contributed by atoms with van der Waals surface area (Å²) in [5.74, 6) is 1.20. The van der Waals surface area contributed by atoms with Gasteiger partial charge in [-0.25, -0.2) is 0 Å². The van der Waals surface area contributed by atoms with Gasteiger partial charge in [0.1, 0.15) is 5.75 Å². The van der Waals surface area contributed by atoms with Gasteiger partial charge in [-0.3, -0.25) is 4.99 Å². The van der Waals surface area contributed by atoms with Crippen LogP contribution in [0.2, 0.25) is 0 Å². The number of aliphatic imine (C=N–C) groups is 1. The minimum Gasteiger partial charge on any atom is -0.491 e. The Hall–Kier alpha value is -1.28. The third-order valence-electron chi connectivity index (χ3n) is 2.36. The van der Waals surface area contributed by atoms with E-state index in [4.69, 9.17) is 15.2 Å². The van der Waals surface area contributed by atoms with E-state index in [9.17, 15) is 0 Å². The standard InChI is InChI=1S/C16H25N3O2.HI/c1-12(2)11-20-10-9-18-16(17)19-14-5-7-15(8-6-14)21-13(3)4;/h5-8,13H,1,9-11H2,2-4H3,(H3,17,18,19);1H. The lowest BCUT2D eigenvalue weighted by Gasteiger charge is -2.11. The van der Waals surface area contributed by atoms with Crippen LogP contribution in [0.5, 0.6) is 5.75 Å². The third kappa shape index (κ3) is 9.62. The van der Waals surface area contributed by atoms with Crippen LogP contribution < -0.4 is 15.8 Å². The number of hydrogen-bond acceptors (Lipinski definition) is 3. The summed E-state index contributed by atoms with van der Waals surface area (Å²) >= 11 is 0. The Balaban J connectivity index is 0.00000441. The van der Waals surface area contributed by atoms with Gasteiger partial charge >= 0.3 is 0 Å². The third-order valence-corrected chi connectivity index (χ3v) is 2.36. The molecule has 1 rings (SSSR count). The topological polar surface area (TPSA) is 68.9 Å². The van der Waals surface area contributed by atoms with E-state index in [1.807, 2.05) is 45.0 Å². The fourth-order valence-electron chi connectivity index (χ4n) is 1.55. The van der Waals surface area contributed by atoms with E-state index in [1.165, 1.54) is 0 Å².